The molecule has 0 aliphatic rings. The third kappa shape index (κ3) is 6.11. The van der Waals surface area contributed by atoms with Gasteiger partial charge in [-0.1, -0.05) is 72.8 Å². The van der Waals surface area contributed by atoms with E-state index in [4.69, 9.17) is 0 Å². The number of hydrogen-bond acceptors (Lipinski definition) is 0. The van der Waals surface area contributed by atoms with Crippen molar-refractivity contribution in [3.8, 4) is 0 Å². The molecule has 0 saturated carbocycles. The van der Waals surface area contributed by atoms with Crippen molar-refractivity contribution in [3.63, 3.8) is 0 Å². The third-order valence-electron chi connectivity index (χ3n) is 5.05. The summed E-state index contributed by atoms with van der Waals surface area (Å²) in [6.45, 7) is 4.00. The Bertz CT molecular complexity index is 1150. The zero-order valence-electron chi connectivity index (χ0n) is 18.2. The zero-order chi connectivity index (χ0) is 20.1. The third-order valence-corrected chi connectivity index (χ3v) is 5.05. The first-order chi connectivity index (χ1) is 14.3. The van der Waals surface area contributed by atoms with E-state index < -0.39 is 0 Å². The molecule has 0 aliphatic carbocycles. The number of rotatable bonds is 0. The van der Waals surface area contributed by atoms with Crippen LogP contribution in [0.5, 0.6) is 0 Å². The fraction of sp³-hybridized carbons (Fsp3) is 0.0690. The summed E-state index contributed by atoms with van der Waals surface area (Å²) in [5.41, 5.74) is 0. The van der Waals surface area contributed by atoms with Gasteiger partial charge in [-0.05, 0) is 0 Å². The average Bonchev–Trinajstić information content (AvgIpc) is 3.33. The fourth-order valence-electron chi connectivity index (χ4n) is 3.81. The molecule has 0 radical (unpaired) electrons. The van der Waals surface area contributed by atoms with Gasteiger partial charge in [0.25, 0.3) is 0 Å². The molecular weight excluding hydrogens is 510 g/mol. The summed E-state index contributed by atoms with van der Waals surface area (Å²) in [4.78, 5) is 0. The minimum Gasteiger partial charge on any atom is -1.00 e. The molecule has 6 aromatic carbocycles. The molecule has 0 amide bonds. The second-order valence-electron chi connectivity index (χ2n) is 7.22. The fourth-order valence-corrected chi connectivity index (χ4v) is 3.81. The predicted molar refractivity (Wildman–Crippen MR) is 130 cm³/mol. The Labute approximate surface area is 222 Å². The molecule has 0 aromatic heterocycles. The van der Waals surface area contributed by atoms with Crippen LogP contribution in [0, 0.1) is 6.42 Å². The zero-order valence-corrected chi connectivity index (χ0v) is 22.2. The Kier molecular flexibility index (Phi) is 11.9. The molecule has 0 fully saturated rings. The maximum Gasteiger partial charge on any atom is 2.00 e. The first kappa shape index (κ1) is 28.1. The van der Waals surface area contributed by atoms with E-state index in [0.717, 1.165) is 0 Å². The van der Waals surface area contributed by atoms with Crippen molar-refractivity contribution >= 4 is 43.1 Å². The van der Waals surface area contributed by atoms with E-state index in [1.54, 1.807) is 0 Å². The first-order valence-electron chi connectivity index (χ1n) is 10.1. The first-order valence-corrected chi connectivity index (χ1v) is 10.1. The number of halogens is 2. The van der Waals surface area contributed by atoms with Gasteiger partial charge in [0.1, 0.15) is 0 Å². The van der Waals surface area contributed by atoms with Crippen LogP contribution < -0.4 is 24.8 Å². The van der Waals surface area contributed by atoms with E-state index in [2.05, 4.69) is 109 Å². The molecule has 0 N–H and O–H groups in total. The van der Waals surface area contributed by atoms with Gasteiger partial charge in [-0.3, -0.25) is 0 Å². The SMILES string of the molecule is C[CH-]C.[Cl-].[Cl-].[Zr+2].c1ccc2c(c1)[cH-]c1ccccc12.c1ccc2c(c1)[cH-]c1ccccc12. The molecule has 162 valence electrons. The molecule has 0 heterocycles. The molecule has 32 heavy (non-hydrogen) atoms. The molecule has 0 unspecified atom stereocenters. The minimum atomic E-state index is 0. The van der Waals surface area contributed by atoms with Crippen molar-refractivity contribution in [1.82, 2.24) is 0 Å². The van der Waals surface area contributed by atoms with Gasteiger partial charge in [-0.25, -0.2) is 0 Å². The molecule has 6 aromatic rings. The van der Waals surface area contributed by atoms with E-state index in [-0.39, 0.29) is 51.0 Å². The van der Waals surface area contributed by atoms with Gasteiger partial charge in [-0.15, -0.1) is 79.5 Å². The standard InChI is InChI=1S/2C13H9.C3H7.2ClH.Zr/c2*1-3-7-12-10(5-1)9-11-6-2-4-8-13(11)12;1-3-2;;;/h2*1-9H;3H,1-2H3;2*1H;/q3*-1;;;+2/p-2. The monoisotopic (exact) mass is 533 g/mol. The summed E-state index contributed by atoms with van der Waals surface area (Å²) in [7, 11) is 0. The average molecular weight is 536 g/mol. The maximum absolute atomic E-state index is 2.24. The van der Waals surface area contributed by atoms with E-state index in [1.165, 1.54) is 43.1 Å². The summed E-state index contributed by atoms with van der Waals surface area (Å²) < 4.78 is 0. The van der Waals surface area contributed by atoms with Crippen molar-refractivity contribution in [1.29, 1.82) is 0 Å². The Morgan fingerprint density at radius 3 is 0.844 bits per heavy atom. The van der Waals surface area contributed by atoms with Crippen molar-refractivity contribution < 1.29 is 51.0 Å². The number of fused-ring (bicyclic) bond motifs is 6. The topological polar surface area (TPSA) is 0 Å². The second kappa shape index (κ2) is 13.6. The molecule has 0 bridgehead atoms. The number of hydrogen-bond donors (Lipinski definition) is 0. The van der Waals surface area contributed by atoms with Gasteiger partial charge in [0.05, 0.1) is 0 Å². The van der Waals surface area contributed by atoms with Crippen LogP contribution in [0.15, 0.2) is 109 Å². The molecule has 6 rings (SSSR count). The quantitative estimate of drug-likeness (QED) is 0.263. The Morgan fingerprint density at radius 2 is 0.625 bits per heavy atom. The molecule has 0 aliphatic heterocycles. The van der Waals surface area contributed by atoms with E-state index >= 15 is 0 Å². The molecule has 3 heteroatoms. The van der Waals surface area contributed by atoms with Crippen molar-refractivity contribution in [2.45, 2.75) is 13.8 Å². The van der Waals surface area contributed by atoms with Crippen LogP contribution in [-0.4, -0.2) is 0 Å². The van der Waals surface area contributed by atoms with E-state index in [9.17, 15) is 0 Å². The van der Waals surface area contributed by atoms with Crippen LogP contribution in [0.1, 0.15) is 13.8 Å². The molecular formula is C29H25Cl2Zr-3. The molecule has 0 saturated heterocycles. The second-order valence-corrected chi connectivity index (χ2v) is 7.22. The van der Waals surface area contributed by atoms with Crippen LogP contribution in [0.2, 0.25) is 0 Å². The maximum atomic E-state index is 2.24. The molecule has 0 atom stereocenters. The van der Waals surface area contributed by atoms with Crippen LogP contribution in [0.4, 0.5) is 0 Å². The Hall–Kier alpha value is -1.92. The summed E-state index contributed by atoms with van der Waals surface area (Å²) in [6.07, 6.45) is 2.00. The minimum absolute atomic E-state index is 0. The van der Waals surface area contributed by atoms with E-state index in [1.807, 2.05) is 20.3 Å². The van der Waals surface area contributed by atoms with Crippen LogP contribution in [0.3, 0.4) is 0 Å². The van der Waals surface area contributed by atoms with Crippen molar-refractivity contribution in [2.75, 3.05) is 0 Å². The predicted octanol–water partition coefficient (Wildman–Crippen LogP) is 2.66. The van der Waals surface area contributed by atoms with Crippen LogP contribution >= 0.6 is 0 Å². The molecule has 0 spiro atoms. The van der Waals surface area contributed by atoms with Gasteiger partial charge in [0, 0.05) is 0 Å². The van der Waals surface area contributed by atoms with Gasteiger partial charge < -0.3 is 31.2 Å². The van der Waals surface area contributed by atoms with Crippen LogP contribution in [0.25, 0.3) is 43.1 Å². The Balaban J connectivity index is 0.000000264. The summed E-state index contributed by atoms with van der Waals surface area (Å²) in [5, 5.41) is 10.8. The largest absolute Gasteiger partial charge is 2.00 e. The number of benzene rings is 4. The van der Waals surface area contributed by atoms with E-state index in [0.29, 0.717) is 0 Å². The van der Waals surface area contributed by atoms with Crippen molar-refractivity contribution in [3.05, 3.63) is 116 Å². The summed E-state index contributed by atoms with van der Waals surface area (Å²) >= 11 is 0. The summed E-state index contributed by atoms with van der Waals surface area (Å²) in [6, 6.07) is 38.5. The van der Waals surface area contributed by atoms with Gasteiger partial charge >= 0.3 is 26.2 Å². The Morgan fingerprint density at radius 1 is 0.438 bits per heavy atom. The normalized spacial score (nSPS) is 9.56. The summed E-state index contributed by atoms with van der Waals surface area (Å²) in [5.74, 6) is 0. The molecule has 0 nitrogen and oxygen atoms in total. The van der Waals surface area contributed by atoms with Gasteiger partial charge in [0.2, 0.25) is 0 Å². The van der Waals surface area contributed by atoms with Crippen molar-refractivity contribution in [2.24, 2.45) is 0 Å². The van der Waals surface area contributed by atoms with Gasteiger partial charge in [0.15, 0.2) is 0 Å². The van der Waals surface area contributed by atoms with Crippen LogP contribution in [-0.2, 0) is 26.2 Å². The smallest absolute Gasteiger partial charge is 1.00 e. The van der Waals surface area contributed by atoms with Gasteiger partial charge in [-0.2, -0.15) is 13.8 Å².